The van der Waals surface area contributed by atoms with Crippen LogP contribution in [0, 0.1) is 0 Å². The minimum Gasteiger partial charge on any atom is -0.288 e. The van der Waals surface area contributed by atoms with Crippen molar-refractivity contribution in [1.29, 1.82) is 0 Å². The van der Waals surface area contributed by atoms with Crippen LogP contribution in [0.1, 0.15) is 112 Å². The van der Waals surface area contributed by atoms with Crippen LogP contribution >= 0.6 is 0 Å². The molecule has 0 bridgehead atoms. The molecule has 34 heavy (non-hydrogen) atoms. The molecule has 6 heteroatoms. The van der Waals surface area contributed by atoms with E-state index in [1.165, 1.54) is 77.0 Å². The Kier molecular flexibility index (Phi) is 9.36. The molecule has 0 radical (unpaired) electrons. The first-order valence-electron chi connectivity index (χ1n) is 14.8. The molecular formula is C28H56N6. The Balaban J connectivity index is 1.38. The number of nitrogens with one attached hydrogen (secondary N) is 2. The molecule has 0 aromatic carbocycles. The minimum atomic E-state index is 0.354. The Labute approximate surface area is 211 Å². The van der Waals surface area contributed by atoms with Gasteiger partial charge in [-0.25, -0.2) is 0 Å². The lowest BCUT2D eigenvalue weighted by Crippen LogP contribution is -2.67. The van der Waals surface area contributed by atoms with Crippen LogP contribution in [-0.4, -0.2) is 88.7 Å². The summed E-state index contributed by atoms with van der Waals surface area (Å²) in [6, 6.07) is 2.99. The molecule has 5 atom stereocenters. The smallest absolute Gasteiger partial charge is 0.0609 e. The summed E-state index contributed by atoms with van der Waals surface area (Å²) in [5, 5.41) is 8.06. The van der Waals surface area contributed by atoms with E-state index in [-0.39, 0.29) is 0 Å². The Morgan fingerprint density at radius 2 is 0.824 bits per heavy atom. The van der Waals surface area contributed by atoms with Crippen LogP contribution < -0.4 is 10.6 Å². The summed E-state index contributed by atoms with van der Waals surface area (Å²) in [5.74, 6) is 0. The van der Waals surface area contributed by atoms with Gasteiger partial charge < -0.3 is 0 Å². The summed E-state index contributed by atoms with van der Waals surface area (Å²) >= 11 is 0. The second-order valence-corrected chi connectivity index (χ2v) is 12.2. The van der Waals surface area contributed by atoms with Crippen LogP contribution in [-0.2, 0) is 0 Å². The molecule has 198 valence electrons. The van der Waals surface area contributed by atoms with E-state index in [2.05, 4.69) is 78.9 Å². The molecule has 6 nitrogen and oxygen atoms in total. The average molecular weight is 477 g/mol. The van der Waals surface area contributed by atoms with E-state index in [4.69, 9.17) is 0 Å². The minimum absolute atomic E-state index is 0.354. The monoisotopic (exact) mass is 476 g/mol. The van der Waals surface area contributed by atoms with E-state index >= 15 is 0 Å². The van der Waals surface area contributed by atoms with Crippen LogP contribution in [0.5, 0.6) is 0 Å². The number of hydrogen-bond donors (Lipinski definition) is 2. The molecule has 4 aliphatic rings. The molecule has 0 amide bonds. The van der Waals surface area contributed by atoms with Gasteiger partial charge in [-0.2, -0.15) is 0 Å². The summed E-state index contributed by atoms with van der Waals surface area (Å²) < 4.78 is 0. The van der Waals surface area contributed by atoms with Gasteiger partial charge in [-0.05, 0) is 100 Å². The van der Waals surface area contributed by atoms with Gasteiger partial charge in [0.05, 0.1) is 30.8 Å². The van der Waals surface area contributed by atoms with E-state index in [0.29, 0.717) is 36.9 Å². The Hall–Kier alpha value is -0.240. The molecule has 0 aliphatic heterocycles. The van der Waals surface area contributed by atoms with Gasteiger partial charge in [-0.3, -0.25) is 30.2 Å². The summed E-state index contributed by atoms with van der Waals surface area (Å²) in [4.78, 5) is 10.8. The fourth-order valence-corrected chi connectivity index (χ4v) is 6.78. The molecule has 0 aromatic rings. The van der Waals surface area contributed by atoms with Crippen molar-refractivity contribution in [3.05, 3.63) is 0 Å². The summed E-state index contributed by atoms with van der Waals surface area (Å²) in [6.07, 6.45) is 18.5. The molecule has 5 unspecified atom stereocenters. The summed E-state index contributed by atoms with van der Waals surface area (Å²) in [7, 11) is 4.67. The maximum absolute atomic E-state index is 4.09. The highest BCUT2D eigenvalue weighted by Gasteiger charge is 2.39. The lowest BCUT2D eigenvalue weighted by atomic mass is 9.89. The zero-order valence-electron chi connectivity index (χ0n) is 23.5. The van der Waals surface area contributed by atoms with E-state index in [9.17, 15) is 0 Å². The molecule has 0 spiro atoms. The van der Waals surface area contributed by atoms with Gasteiger partial charge >= 0.3 is 0 Å². The van der Waals surface area contributed by atoms with E-state index in [1.807, 2.05) is 0 Å². The van der Waals surface area contributed by atoms with Gasteiger partial charge in [0, 0.05) is 24.2 Å². The lowest BCUT2D eigenvalue weighted by molar-refractivity contribution is -0.0723. The van der Waals surface area contributed by atoms with E-state index < -0.39 is 0 Å². The molecule has 2 N–H and O–H groups in total. The van der Waals surface area contributed by atoms with Gasteiger partial charge in [0.15, 0.2) is 0 Å². The van der Waals surface area contributed by atoms with Gasteiger partial charge in [-0.1, -0.05) is 25.7 Å². The normalized spacial score (nSPS) is 27.3. The zero-order valence-corrected chi connectivity index (χ0v) is 23.5. The standard InChI is InChI=1S/C28H56N6/c1-20(31(6)25-12-8-13-25)29-21(2)33(27-16-10-17-27)22(3)30-23(4)34(28-18-11-19-28)24(5)32(7)26-14-9-15-26/h20-30H,8-19H2,1-7H3. The maximum Gasteiger partial charge on any atom is 0.0609 e. The quantitative estimate of drug-likeness (QED) is 0.358. The highest BCUT2D eigenvalue weighted by atomic mass is 15.5. The average Bonchev–Trinajstić information content (AvgIpc) is 2.63. The van der Waals surface area contributed by atoms with Crippen LogP contribution in [0.15, 0.2) is 0 Å². The van der Waals surface area contributed by atoms with Crippen molar-refractivity contribution in [2.45, 2.75) is 167 Å². The SMILES string of the molecule is CC(NC(C)N(C1CCC1)C(C)NC(C)N(C1CCC1)C(C)N(C)C1CCC1)N(C)C1CCC1. The molecule has 4 saturated carbocycles. The zero-order chi connectivity index (χ0) is 24.4. The predicted octanol–water partition coefficient (Wildman–Crippen LogP) is 4.57. The third-order valence-electron chi connectivity index (χ3n) is 10.2. The molecule has 0 heterocycles. The lowest BCUT2D eigenvalue weighted by Gasteiger charge is -2.52. The molecular weight excluding hydrogens is 420 g/mol. The van der Waals surface area contributed by atoms with Crippen LogP contribution in [0.4, 0.5) is 0 Å². The second-order valence-electron chi connectivity index (χ2n) is 12.2. The first-order valence-corrected chi connectivity index (χ1v) is 14.8. The molecule has 4 rings (SSSR count). The van der Waals surface area contributed by atoms with Gasteiger partial charge in [0.2, 0.25) is 0 Å². The van der Waals surface area contributed by atoms with Gasteiger partial charge in [-0.15, -0.1) is 0 Å². The topological polar surface area (TPSA) is 37.0 Å². The summed E-state index contributed by atoms with van der Waals surface area (Å²) in [5.41, 5.74) is 0. The highest BCUT2D eigenvalue weighted by Crippen LogP contribution is 2.33. The molecule has 0 aromatic heterocycles. The molecule has 0 saturated heterocycles. The molecule has 4 fully saturated rings. The Morgan fingerprint density at radius 1 is 0.471 bits per heavy atom. The van der Waals surface area contributed by atoms with Crippen molar-refractivity contribution in [2.24, 2.45) is 0 Å². The van der Waals surface area contributed by atoms with Gasteiger partial charge in [0.1, 0.15) is 0 Å². The number of rotatable bonds is 14. The third kappa shape index (κ3) is 5.84. The van der Waals surface area contributed by atoms with Crippen molar-refractivity contribution in [2.75, 3.05) is 14.1 Å². The van der Waals surface area contributed by atoms with Crippen LogP contribution in [0.25, 0.3) is 0 Å². The van der Waals surface area contributed by atoms with E-state index in [1.54, 1.807) is 0 Å². The Bertz CT molecular complexity index is 614. The predicted molar refractivity (Wildman–Crippen MR) is 143 cm³/mol. The highest BCUT2D eigenvalue weighted by molar-refractivity contribution is 4.92. The van der Waals surface area contributed by atoms with E-state index in [0.717, 1.165) is 18.1 Å². The largest absolute Gasteiger partial charge is 0.288 e. The second kappa shape index (κ2) is 11.9. The van der Waals surface area contributed by atoms with Crippen LogP contribution in [0.2, 0.25) is 0 Å². The third-order valence-corrected chi connectivity index (χ3v) is 10.2. The first-order chi connectivity index (χ1) is 16.3. The van der Waals surface area contributed by atoms with Crippen molar-refractivity contribution in [3.63, 3.8) is 0 Å². The first kappa shape index (κ1) is 26.8. The van der Waals surface area contributed by atoms with Crippen molar-refractivity contribution in [3.8, 4) is 0 Å². The number of hydrogen-bond acceptors (Lipinski definition) is 6. The van der Waals surface area contributed by atoms with Crippen molar-refractivity contribution >= 4 is 0 Å². The summed E-state index contributed by atoms with van der Waals surface area (Å²) in [6.45, 7) is 12.0. The van der Waals surface area contributed by atoms with Crippen molar-refractivity contribution < 1.29 is 0 Å². The fourth-order valence-electron chi connectivity index (χ4n) is 6.78. The van der Waals surface area contributed by atoms with Gasteiger partial charge in [0.25, 0.3) is 0 Å². The Morgan fingerprint density at radius 3 is 1.24 bits per heavy atom. The fraction of sp³-hybridized carbons (Fsp3) is 1.00. The van der Waals surface area contributed by atoms with Crippen LogP contribution in [0.3, 0.4) is 0 Å². The van der Waals surface area contributed by atoms with Crippen molar-refractivity contribution in [1.82, 2.24) is 30.2 Å². The maximum atomic E-state index is 4.09. The number of nitrogens with zero attached hydrogens (tertiary/aromatic N) is 4. The molecule has 4 aliphatic carbocycles.